The number of benzene rings is 3. The highest BCUT2D eigenvalue weighted by atomic mass is 32.1. The van der Waals surface area contributed by atoms with Gasteiger partial charge in [0.1, 0.15) is 12.7 Å². The molecule has 0 bridgehead atoms. The van der Waals surface area contributed by atoms with Crippen molar-refractivity contribution in [3.05, 3.63) is 101 Å². The Balaban J connectivity index is 1.30. The topological polar surface area (TPSA) is 89.0 Å². The van der Waals surface area contributed by atoms with Crippen molar-refractivity contribution < 1.29 is 24.2 Å². The van der Waals surface area contributed by atoms with E-state index in [0.717, 1.165) is 21.3 Å². The molecule has 3 atom stereocenters. The molecule has 8 heteroatoms. The molecule has 1 fully saturated rings. The van der Waals surface area contributed by atoms with Gasteiger partial charge in [-0.15, -0.1) is 11.3 Å². The summed E-state index contributed by atoms with van der Waals surface area (Å²) in [4.78, 5) is 31.9. The van der Waals surface area contributed by atoms with Gasteiger partial charge >= 0.3 is 12.1 Å². The van der Waals surface area contributed by atoms with Crippen LogP contribution in [0, 0.1) is 0 Å². The largest absolute Gasteiger partial charge is 0.457 e. The Morgan fingerprint density at radius 3 is 2.54 bits per heavy atom. The minimum absolute atomic E-state index is 0.137. The summed E-state index contributed by atoms with van der Waals surface area (Å²) in [5, 5.41) is 11.2. The first-order chi connectivity index (χ1) is 18.1. The van der Waals surface area contributed by atoms with Crippen LogP contribution in [0.2, 0.25) is 0 Å². The van der Waals surface area contributed by atoms with Gasteiger partial charge in [0, 0.05) is 11.6 Å². The fourth-order valence-electron chi connectivity index (χ4n) is 4.72. The van der Waals surface area contributed by atoms with Crippen LogP contribution in [0.3, 0.4) is 0 Å². The molecule has 1 aliphatic rings. The first-order valence-electron chi connectivity index (χ1n) is 12.3. The van der Waals surface area contributed by atoms with Crippen LogP contribution in [0.5, 0.6) is 0 Å². The van der Waals surface area contributed by atoms with E-state index >= 15 is 0 Å². The number of fused-ring (bicyclic) bond motifs is 1. The molecular weight excluding hydrogens is 488 g/mol. The second-order valence-corrected chi connectivity index (χ2v) is 10.0. The summed E-state index contributed by atoms with van der Waals surface area (Å²) in [6.45, 7) is 0.336. The SMILES string of the molecule is O=C(OC1CCC(CC(O)c2cccc3scnc23)N(C(=O)OCc2ccccc2)C1)c1ccccc1. The van der Waals surface area contributed by atoms with Gasteiger partial charge in [0.05, 0.1) is 33.9 Å². The summed E-state index contributed by atoms with van der Waals surface area (Å²) in [5.74, 6) is -0.420. The first kappa shape index (κ1) is 24.9. The lowest BCUT2D eigenvalue weighted by molar-refractivity contribution is -0.0167. The number of hydrogen-bond acceptors (Lipinski definition) is 7. The zero-order valence-electron chi connectivity index (χ0n) is 20.2. The molecule has 0 aliphatic carbocycles. The van der Waals surface area contributed by atoms with Crippen LogP contribution in [0.25, 0.3) is 10.2 Å². The summed E-state index contributed by atoms with van der Waals surface area (Å²) < 4.78 is 12.4. The standard InChI is InChI=1S/C29H28N2O5S/c32-25(24-12-7-13-26-27(24)30-19-37-26)16-22-14-15-23(36-28(33)21-10-5-2-6-11-21)17-31(22)29(34)35-18-20-8-3-1-4-9-20/h1-13,19,22-23,25,32H,14-18H2. The van der Waals surface area contributed by atoms with E-state index in [0.29, 0.717) is 24.8 Å². The number of aromatic nitrogens is 1. The summed E-state index contributed by atoms with van der Waals surface area (Å²) in [6.07, 6.45) is -0.281. The van der Waals surface area contributed by atoms with E-state index in [9.17, 15) is 14.7 Å². The van der Waals surface area contributed by atoms with Crippen molar-refractivity contribution in [3.63, 3.8) is 0 Å². The molecule has 190 valence electrons. The molecule has 1 saturated heterocycles. The van der Waals surface area contributed by atoms with Crippen LogP contribution in [0.15, 0.2) is 84.4 Å². The van der Waals surface area contributed by atoms with Crippen LogP contribution < -0.4 is 0 Å². The van der Waals surface area contributed by atoms with Gasteiger partial charge in [0.15, 0.2) is 0 Å². The average molecular weight is 517 g/mol. The van der Waals surface area contributed by atoms with Crippen molar-refractivity contribution in [3.8, 4) is 0 Å². The molecule has 0 saturated carbocycles. The second-order valence-electron chi connectivity index (χ2n) is 9.11. The van der Waals surface area contributed by atoms with Gasteiger partial charge in [0.25, 0.3) is 0 Å². The number of piperidine rings is 1. The van der Waals surface area contributed by atoms with Crippen molar-refractivity contribution in [2.45, 2.75) is 44.1 Å². The van der Waals surface area contributed by atoms with E-state index in [2.05, 4.69) is 4.98 Å². The van der Waals surface area contributed by atoms with Crippen molar-refractivity contribution >= 4 is 33.6 Å². The molecule has 1 aliphatic heterocycles. The number of hydrogen-bond donors (Lipinski definition) is 1. The maximum Gasteiger partial charge on any atom is 0.410 e. The monoisotopic (exact) mass is 516 g/mol. The molecule has 3 unspecified atom stereocenters. The second kappa shape index (κ2) is 11.5. The number of thiazole rings is 1. The van der Waals surface area contributed by atoms with Crippen molar-refractivity contribution in [2.75, 3.05) is 6.54 Å². The lowest BCUT2D eigenvalue weighted by Crippen LogP contribution is -2.50. The minimum atomic E-state index is -0.802. The number of aliphatic hydroxyl groups is 1. The number of rotatable bonds is 7. The molecule has 4 aromatic rings. The van der Waals surface area contributed by atoms with E-state index < -0.39 is 24.3 Å². The number of carbonyl (C=O) groups excluding carboxylic acids is 2. The number of carbonyl (C=O) groups is 2. The van der Waals surface area contributed by atoms with Crippen molar-refractivity contribution in [1.29, 1.82) is 0 Å². The number of esters is 1. The van der Waals surface area contributed by atoms with Gasteiger partial charge in [-0.2, -0.15) is 0 Å². The average Bonchev–Trinajstić information content (AvgIpc) is 3.43. The Morgan fingerprint density at radius 1 is 1.00 bits per heavy atom. The lowest BCUT2D eigenvalue weighted by Gasteiger charge is -2.39. The van der Waals surface area contributed by atoms with Crippen LogP contribution in [-0.2, 0) is 16.1 Å². The third-order valence-electron chi connectivity index (χ3n) is 6.63. The molecule has 3 aromatic carbocycles. The third-order valence-corrected chi connectivity index (χ3v) is 7.43. The number of para-hydroxylation sites is 1. The van der Waals surface area contributed by atoms with Crippen molar-refractivity contribution in [1.82, 2.24) is 9.88 Å². The van der Waals surface area contributed by atoms with Crippen molar-refractivity contribution in [2.24, 2.45) is 0 Å². The van der Waals surface area contributed by atoms with Gasteiger partial charge in [-0.1, -0.05) is 60.7 Å². The fourth-order valence-corrected chi connectivity index (χ4v) is 5.43. The highest BCUT2D eigenvalue weighted by Gasteiger charge is 2.36. The number of nitrogens with zero attached hydrogens (tertiary/aromatic N) is 2. The number of likely N-dealkylation sites (tertiary alicyclic amines) is 1. The minimum Gasteiger partial charge on any atom is -0.457 e. The molecule has 7 nitrogen and oxygen atoms in total. The number of ether oxygens (including phenoxy) is 2. The highest BCUT2D eigenvalue weighted by Crippen LogP contribution is 2.32. The van der Waals surface area contributed by atoms with E-state index in [1.807, 2.05) is 54.6 Å². The molecule has 1 N–H and O–H groups in total. The third kappa shape index (κ3) is 5.98. The summed E-state index contributed by atoms with van der Waals surface area (Å²) in [7, 11) is 0. The maximum absolute atomic E-state index is 13.2. The Morgan fingerprint density at radius 2 is 1.76 bits per heavy atom. The Kier molecular flexibility index (Phi) is 7.77. The van der Waals surface area contributed by atoms with Crippen LogP contribution in [-0.4, -0.2) is 45.7 Å². The number of aliphatic hydroxyl groups excluding tert-OH is 1. The lowest BCUT2D eigenvalue weighted by atomic mass is 9.93. The van der Waals surface area contributed by atoms with E-state index in [1.54, 1.807) is 34.7 Å². The van der Waals surface area contributed by atoms with Gasteiger partial charge in [-0.05, 0) is 43.0 Å². The molecule has 37 heavy (non-hydrogen) atoms. The van der Waals surface area contributed by atoms with Gasteiger partial charge in [0.2, 0.25) is 0 Å². The molecule has 0 radical (unpaired) electrons. The van der Waals surface area contributed by atoms with E-state index in [1.165, 1.54) is 11.3 Å². The summed E-state index contributed by atoms with van der Waals surface area (Å²) in [6, 6.07) is 23.8. The summed E-state index contributed by atoms with van der Waals surface area (Å²) >= 11 is 1.52. The Hall–Kier alpha value is -3.75. The molecule has 1 amide bonds. The Bertz CT molecular complexity index is 1340. The predicted octanol–water partition coefficient (Wildman–Crippen LogP) is 5.75. The zero-order chi connectivity index (χ0) is 25.6. The molecule has 2 heterocycles. The number of amides is 1. The van der Waals surface area contributed by atoms with E-state index in [-0.39, 0.29) is 19.2 Å². The quantitative estimate of drug-likeness (QED) is 0.315. The van der Waals surface area contributed by atoms with Crippen LogP contribution in [0.1, 0.15) is 46.9 Å². The van der Waals surface area contributed by atoms with Crippen LogP contribution >= 0.6 is 11.3 Å². The smallest absolute Gasteiger partial charge is 0.410 e. The molecule has 0 spiro atoms. The molecular formula is C29H28N2O5S. The Labute approximate surface area is 219 Å². The molecule has 5 rings (SSSR count). The normalized spacial score (nSPS) is 18.4. The van der Waals surface area contributed by atoms with E-state index in [4.69, 9.17) is 9.47 Å². The zero-order valence-corrected chi connectivity index (χ0v) is 21.0. The maximum atomic E-state index is 13.2. The molecule has 1 aromatic heterocycles. The fraction of sp³-hybridized carbons (Fsp3) is 0.276. The van der Waals surface area contributed by atoms with Gasteiger partial charge in [-0.3, -0.25) is 0 Å². The highest BCUT2D eigenvalue weighted by molar-refractivity contribution is 7.16. The van der Waals surface area contributed by atoms with Crippen LogP contribution in [0.4, 0.5) is 4.79 Å². The van der Waals surface area contributed by atoms with Gasteiger partial charge < -0.3 is 19.5 Å². The summed E-state index contributed by atoms with van der Waals surface area (Å²) in [5.41, 5.74) is 4.64. The predicted molar refractivity (Wildman–Crippen MR) is 141 cm³/mol. The van der Waals surface area contributed by atoms with Gasteiger partial charge in [-0.25, -0.2) is 14.6 Å². The first-order valence-corrected chi connectivity index (χ1v) is 13.2.